The topological polar surface area (TPSA) is 98.0 Å². The minimum atomic E-state index is -1.53. The standard InChI is InChI=1S/C17H16O5/c1-8-5-10(19)6-12-13(8)16(21)14-11(17(12,2)22)4-3-9(7-18)15(14)20/h3-6,18-20,22H,7H2,1-2H3/t17-/m1/s1. The molecule has 0 heterocycles. The van der Waals surface area contributed by atoms with Gasteiger partial charge < -0.3 is 20.4 Å². The lowest BCUT2D eigenvalue weighted by Gasteiger charge is -2.34. The molecule has 4 N–H and O–H groups in total. The van der Waals surface area contributed by atoms with Crippen molar-refractivity contribution in [3.63, 3.8) is 0 Å². The predicted molar refractivity (Wildman–Crippen MR) is 79.0 cm³/mol. The van der Waals surface area contributed by atoms with Gasteiger partial charge in [-0.1, -0.05) is 12.1 Å². The first-order valence-corrected chi connectivity index (χ1v) is 6.86. The smallest absolute Gasteiger partial charge is 0.197 e. The first kappa shape index (κ1) is 14.6. The van der Waals surface area contributed by atoms with Gasteiger partial charge in [-0.25, -0.2) is 0 Å². The molecule has 0 spiro atoms. The van der Waals surface area contributed by atoms with Crippen LogP contribution in [0.25, 0.3) is 0 Å². The lowest BCUT2D eigenvalue weighted by molar-refractivity contribution is 0.0853. The average Bonchev–Trinajstić information content (AvgIpc) is 2.44. The second-order valence-electron chi connectivity index (χ2n) is 5.74. The Morgan fingerprint density at radius 2 is 1.77 bits per heavy atom. The van der Waals surface area contributed by atoms with Crippen LogP contribution < -0.4 is 0 Å². The van der Waals surface area contributed by atoms with Crippen molar-refractivity contribution in [3.05, 3.63) is 57.6 Å². The summed E-state index contributed by atoms with van der Waals surface area (Å²) in [7, 11) is 0. The van der Waals surface area contributed by atoms with E-state index < -0.39 is 18.0 Å². The Morgan fingerprint density at radius 1 is 1.09 bits per heavy atom. The maximum Gasteiger partial charge on any atom is 0.197 e. The number of carbonyl (C=O) groups excluding carboxylic acids is 1. The minimum absolute atomic E-state index is 0.00200. The van der Waals surface area contributed by atoms with Gasteiger partial charge in [-0.05, 0) is 31.5 Å². The van der Waals surface area contributed by atoms with Crippen LogP contribution in [0.4, 0.5) is 0 Å². The molecule has 0 fully saturated rings. The van der Waals surface area contributed by atoms with E-state index in [9.17, 15) is 25.2 Å². The first-order valence-electron chi connectivity index (χ1n) is 6.86. The Hall–Kier alpha value is -2.37. The highest BCUT2D eigenvalue weighted by molar-refractivity contribution is 6.15. The summed E-state index contributed by atoms with van der Waals surface area (Å²) >= 11 is 0. The van der Waals surface area contributed by atoms with Gasteiger partial charge in [0.2, 0.25) is 0 Å². The van der Waals surface area contributed by atoms with Crippen molar-refractivity contribution in [2.45, 2.75) is 26.1 Å². The van der Waals surface area contributed by atoms with Gasteiger partial charge in [0.25, 0.3) is 0 Å². The monoisotopic (exact) mass is 300 g/mol. The van der Waals surface area contributed by atoms with E-state index in [0.717, 1.165) is 0 Å². The third kappa shape index (κ3) is 1.76. The maximum atomic E-state index is 12.8. The molecule has 3 rings (SSSR count). The lowest BCUT2D eigenvalue weighted by atomic mass is 9.73. The zero-order chi connectivity index (χ0) is 16.2. The lowest BCUT2D eigenvalue weighted by Crippen LogP contribution is -2.33. The number of ketones is 1. The van der Waals surface area contributed by atoms with E-state index in [1.165, 1.54) is 31.2 Å². The number of rotatable bonds is 1. The summed E-state index contributed by atoms with van der Waals surface area (Å²) in [6.45, 7) is 2.76. The molecule has 5 nitrogen and oxygen atoms in total. The van der Waals surface area contributed by atoms with Gasteiger partial charge in [-0.15, -0.1) is 0 Å². The number of aromatic hydroxyl groups is 2. The Morgan fingerprint density at radius 3 is 2.41 bits per heavy atom. The van der Waals surface area contributed by atoms with Crippen molar-refractivity contribution in [1.82, 2.24) is 0 Å². The summed E-state index contributed by atoms with van der Waals surface area (Å²) in [5.41, 5.74) is 0.0254. The Bertz CT molecular complexity index is 805. The highest BCUT2D eigenvalue weighted by Crippen LogP contribution is 2.45. The molecule has 0 radical (unpaired) electrons. The van der Waals surface area contributed by atoms with E-state index in [0.29, 0.717) is 11.1 Å². The highest BCUT2D eigenvalue weighted by atomic mass is 16.3. The molecule has 114 valence electrons. The Labute approximate surface area is 127 Å². The summed E-state index contributed by atoms with van der Waals surface area (Å²) in [6.07, 6.45) is 0. The number of benzene rings is 2. The molecule has 2 aromatic carbocycles. The number of hydrogen-bond donors (Lipinski definition) is 4. The van der Waals surface area contributed by atoms with Gasteiger partial charge in [0, 0.05) is 22.3 Å². The molecule has 22 heavy (non-hydrogen) atoms. The van der Waals surface area contributed by atoms with Crippen molar-refractivity contribution in [2.24, 2.45) is 0 Å². The summed E-state index contributed by atoms with van der Waals surface area (Å²) in [6, 6.07) is 5.78. The molecule has 0 bridgehead atoms. The van der Waals surface area contributed by atoms with Crippen molar-refractivity contribution in [2.75, 3.05) is 0 Å². The summed E-state index contributed by atoms with van der Waals surface area (Å²) < 4.78 is 0. The molecule has 1 atom stereocenters. The summed E-state index contributed by atoms with van der Waals surface area (Å²) in [5.74, 6) is -0.783. The number of phenols is 2. The SMILES string of the molecule is Cc1cc(O)cc2c1C(=O)c1c(ccc(CO)c1O)[C@@]2(C)O. The molecule has 0 amide bonds. The van der Waals surface area contributed by atoms with Gasteiger partial charge in [-0.3, -0.25) is 4.79 Å². The number of carbonyl (C=O) groups is 1. The van der Waals surface area contributed by atoms with E-state index >= 15 is 0 Å². The number of hydrogen-bond acceptors (Lipinski definition) is 5. The average molecular weight is 300 g/mol. The van der Waals surface area contributed by atoms with Crippen LogP contribution >= 0.6 is 0 Å². The number of fused-ring (bicyclic) bond motifs is 2. The Balaban J connectivity index is 2.41. The fourth-order valence-electron chi connectivity index (χ4n) is 3.12. The second-order valence-corrected chi connectivity index (χ2v) is 5.74. The Kier molecular flexibility index (Phi) is 3.02. The van der Waals surface area contributed by atoms with Crippen molar-refractivity contribution in [3.8, 4) is 11.5 Å². The number of aryl methyl sites for hydroxylation is 1. The largest absolute Gasteiger partial charge is 0.508 e. The van der Waals surface area contributed by atoms with E-state index in [4.69, 9.17) is 0 Å². The van der Waals surface area contributed by atoms with Crippen LogP contribution in [0.1, 0.15) is 45.1 Å². The van der Waals surface area contributed by atoms with Crippen LogP contribution in [-0.4, -0.2) is 26.2 Å². The van der Waals surface area contributed by atoms with Crippen LogP contribution in [-0.2, 0) is 12.2 Å². The van der Waals surface area contributed by atoms with Crippen LogP contribution in [0.2, 0.25) is 0 Å². The van der Waals surface area contributed by atoms with E-state index in [2.05, 4.69) is 0 Å². The van der Waals surface area contributed by atoms with Crippen molar-refractivity contribution >= 4 is 5.78 Å². The van der Waals surface area contributed by atoms with Gasteiger partial charge >= 0.3 is 0 Å². The van der Waals surface area contributed by atoms with Crippen LogP contribution in [0, 0.1) is 6.92 Å². The van der Waals surface area contributed by atoms with Crippen molar-refractivity contribution < 1.29 is 25.2 Å². The fraction of sp³-hybridized carbons (Fsp3) is 0.235. The van der Waals surface area contributed by atoms with Crippen LogP contribution in [0.15, 0.2) is 24.3 Å². The maximum absolute atomic E-state index is 12.8. The fourth-order valence-corrected chi connectivity index (χ4v) is 3.12. The van der Waals surface area contributed by atoms with Gasteiger partial charge in [0.05, 0.1) is 12.2 Å². The van der Waals surface area contributed by atoms with Gasteiger partial charge in [-0.2, -0.15) is 0 Å². The zero-order valence-electron chi connectivity index (χ0n) is 12.2. The van der Waals surface area contributed by atoms with Crippen LogP contribution in [0.3, 0.4) is 0 Å². The third-order valence-electron chi connectivity index (χ3n) is 4.26. The molecular weight excluding hydrogens is 284 g/mol. The predicted octanol–water partition coefficient (Wildman–Crippen LogP) is 1.70. The zero-order valence-corrected chi connectivity index (χ0v) is 12.2. The quantitative estimate of drug-likeness (QED) is 0.642. The minimum Gasteiger partial charge on any atom is -0.508 e. The molecule has 2 aromatic rings. The van der Waals surface area contributed by atoms with Crippen LogP contribution in [0.5, 0.6) is 11.5 Å². The molecule has 0 aromatic heterocycles. The summed E-state index contributed by atoms with van der Waals surface area (Å²) in [4.78, 5) is 12.8. The molecule has 0 unspecified atom stereocenters. The number of aliphatic hydroxyl groups is 2. The number of phenolic OH excluding ortho intramolecular Hbond substituents is 1. The molecule has 0 saturated heterocycles. The molecule has 5 heteroatoms. The van der Waals surface area contributed by atoms with Crippen molar-refractivity contribution in [1.29, 1.82) is 0 Å². The van der Waals surface area contributed by atoms with E-state index in [1.807, 2.05) is 0 Å². The normalized spacial score (nSPS) is 19.7. The molecule has 1 aliphatic carbocycles. The third-order valence-corrected chi connectivity index (χ3v) is 4.26. The van der Waals surface area contributed by atoms with Gasteiger partial charge in [0.15, 0.2) is 5.78 Å². The summed E-state index contributed by atoms with van der Waals surface area (Å²) in [5, 5.41) is 40.2. The molecule has 0 aliphatic heterocycles. The first-order chi connectivity index (χ1) is 10.3. The molecule has 1 aliphatic rings. The van der Waals surface area contributed by atoms with E-state index in [1.54, 1.807) is 6.92 Å². The highest BCUT2D eigenvalue weighted by Gasteiger charge is 2.41. The second kappa shape index (κ2) is 4.56. The molecular formula is C17H16O5. The van der Waals surface area contributed by atoms with E-state index in [-0.39, 0.29) is 33.8 Å². The molecule has 0 saturated carbocycles. The van der Waals surface area contributed by atoms with Gasteiger partial charge in [0.1, 0.15) is 17.1 Å². The number of aliphatic hydroxyl groups excluding tert-OH is 1.